The van der Waals surface area contributed by atoms with Crippen molar-refractivity contribution >= 4 is 5.91 Å². The van der Waals surface area contributed by atoms with Crippen LogP contribution in [0.1, 0.15) is 24.5 Å². The van der Waals surface area contributed by atoms with E-state index in [1.54, 1.807) is 11.9 Å². The zero-order valence-electron chi connectivity index (χ0n) is 12.2. The lowest BCUT2D eigenvalue weighted by Crippen LogP contribution is -2.30. The molecule has 0 saturated heterocycles. The normalized spacial score (nSPS) is 9.75. The van der Waals surface area contributed by atoms with Crippen LogP contribution < -0.4 is 5.73 Å². The minimum atomic E-state index is -0.0277. The number of hydrogen-bond acceptors (Lipinski definition) is 3. The summed E-state index contributed by atoms with van der Waals surface area (Å²) in [7, 11) is 1.77. The molecule has 20 heavy (non-hydrogen) atoms. The average molecular weight is 274 g/mol. The second-order valence-electron chi connectivity index (χ2n) is 4.47. The number of rotatable bonds is 6. The fourth-order valence-corrected chi connectivity index (χ4v) is 1.68. The van der Waals surface area contributed by atoms with Crippen LogP contribution in [0, 0.1) is 11.8 Å². The summed E-state index contributed by atoms with van der Waals surface area (Å²) in [5.74, 6) is 5.84. The van der Waals surface area contributed by atoms with Crippen LogP contribution in [0.3, 0.4) is 0 Å². The van der Waals surface area contributed by atoms with E-state index in [1.165, 1.54) is 0 Å². The van der Waals surface area contributed by atoms with Crippen molar-refractivity contribution in [3.05, 3.63) is 35.4 Å². The molecule has 0 aromatic heterocycles. The molecule has 1 aromatic rings. The number of carbonyl (C=O) groups is 1. The molecule has 1 aromatic carbocycles. The smallest absolute Gasteiger partial charge is 0.248 e. The maximum atomic E-state index is 11.9. The highest BCUT2D eigenvalue weighted by Crippen LogP contribution is 2.10. The van der Waals surface area contributed by atoms with Gasteiger partial charge in [-0.2, -0.15) is 0 Å². The van der Waals surface area contributed by atoms with Gasteiger partial charge in [0.15, 0.2) is 0 Å². The monoisotopic (exact) mass is 274 g/mol. The van der Waals surface area contributed by atoms with E-state index in [2.05, 4.69) is 11.8 Å². The Bertz CT molecular complexity index is 489. The van der Waals surface area contributed by atoms with Crippen molar-refractivity contribution in [2.24, 2.45) is 5.73 Å². The largest absolute Gasteiger partial charge is 0.372 e. The molecule has 0 heterocycles. The molecule has 0 bridgehead atoms. The molecule has 0 aliphatic rings. The number of nitrogens with two attached hydrogens (primary N) is 1. The third-order valence-corrected chi connectivity index (χ3v) is 2.75. The molecule has 1 rings (SSSR count). The lowest BCUT2D eigenvalue weighted by molar-refractivity contribution is -0.135. The molecular formula is C16H22N2O2. The van der Waals surface area contributed by atoms with E-state index in [4.69, 9.17) is 10.5 Å². The van der Waals surface area contributed by atoms with Gasteiger partial charge in [-0.1, -0.05) is 37.0 Å². The molecule has 2 N–H and O–H groups in total. The Morgan fingerprint density at radius 3 is 2.85 bits per heavy atom. The average Bonchev–Trinajstić information content (AvgIpc) is 2.46. The van der Waals surface area contributed by atoms with Gasteiger partial charge in [0.2, 0.25) is 5.91 Å². The molecule has 4 heteroatoms. The minimum Gasteiger partial charge on any atom is -0.372 e. The zero-order valence-corrected chi connectivity index (χ0v) is 12.2. The Balaban J connectivity index is 2.65. The van der Waals surface area contributed by atoms with Gasteiger partial charge in [-0.25, -0.2) is 0 Å². The SMILES string of the molecule is CCCOCC(=O)N(C)Cc1ccccc1C#CCN. The van der Waals surface area contributed by atoms with Crippen molar-refractivity contribution in [1.29, 1.82) is 0 Å². The van der Waals surface area contributed by atoms with Crippen molar-refractivity contribution in [1.82, 2.24) is 4.90 Å². The van der Waals surface area contributed by atoms with Gasteiger partial charge in [-0.05, 0) is 18.1 Å². The van der Waals surface area contributed by atoms with Crippen LogP contribution >= 0.6 is 0 Å². The number of ether oxygens (including phenoxy) is 1. The van der Waals surface area contributed by atoms with Crippen molar-refractivity contribution < 1.29 is 9.53 Å². The van der Waals surface area contributed by atoms with Crippen LogP contribution in [0.2, 0.25) is 0 Å². The van der Waals surface area contributed by atoms with E-state index in [0.29, 0.717) is 19.7 Å². The van der Waals surface area contributed by atoms with E-state index in [9.17, 15) is 4.79 Å². The second kappa shape index (κ2) is 9.13. The number of carbonyl (C=O) groups excluding carboxylic acids is 1. The van der Waals surface area contributed by atoms with Gasteiger partial charge in [0.1, 0.15) is 6.61 Å². The highest BCUT2D eigenvalue weighted by Gasteiger charge is 2.10. The maximum Gasteiger partial charge on any atom is 0.248 e. The van der Waals surface area contributed by atoms with E-state index in [-0.39, 0.29) is 12.5 Å². The van der Waals surface area contributed by atoms with Crippen molar-refractivity contribution in [2.75, 3.05) is 26.8 Å². The minimum absolute atomic E-state index is 0.0277. The molecule has 0 spiro atoms. The van der Waals surface area contributed by atoms with Crippen molar-refractivity contribution in [2.45, 2.75) is 19.9 Å². The Morgan fingerprint density at radius 1 is 1.40 bits per heavy atom. The summed E-state index contributed by atoms with van der Waals surface area (Å²) in [5, 5.41) is 0. The molecule has 0 unspecified atom stereocenters. The Labute approximate surface area is 120 Å². The van der Waals surface area contributed by atoms with Crippen LogP contribution in [0.25, 0.3) is 0 Å². The summed E-state index contributed by atoms with van der Waals surface area (Å²) in [6.45, 7) is 3.59. The molecule has 0 aliphatic carbocycles. The third-order valence-electron chi connectivity index (χ3n) is 2.75. The van der Waals surface area contributed by atoms with Gasteiger partial charge in [-0.15, -0.1) is 0 Å². The fourth-order valence-electron chi connectivity index (χ4n) is 1.68. The topological polar surface area (TPSA) is 55.6 Å². The number of nitrogens with zero attached hydrogens (tertiary/aromatic N) is 1. The Kier molecular flexibility index (Phi) is 7.41. The Hall–Kier alpha value is -1.83. The molecule has 0 fully saturated rings. The third kappa shape index (κ3) is 5.43. The first-order valence-corrected chi connectivity index (χ1v) is 6.77. The number of hydrogen-bond donors (Lipinski definition) is 1. The van der Waals surface area contributed by atoms with E-state index in [0.717, 1.165) is 17.5 Å². The van der Waals surface area contributed by atoms with Gasteiger partial charge in [0.05, 0.1) is 6.54 Å². The molecule has 0 atom stereocenters. The Morgan fingerprint density at radius 2 is 2.15 bits per heavy atom. The van der Waals surface area contributed by atoms with Crippen LogP contribution in [0.5, 0.6) is 0 Å². The van der Waals surface area contributed by atoms with Gasteiger partial charge < -0.3 is 15.4 Å². The first-order valence-electron chi connectivity index (χ1n) is 6.77. The number of amides is 1. The predicted molar refractivity (Wildman–Crippen MR) is 80.0 cm³/mol. The summed E-state index contributed by atoms with van der Waals surface area (Å²) < 4.78 is 5.26. The summed E-state index contributed by atoms with van der Waals surface area (Å²) >= 11 is 0. The highest BCUT2D eigenvalue weighted by molar-refractivity contribution is 5.77. The molecular weight excluding hydrogens is 252 g/mol. The standard InChI is InChI=1S/C16H22N2O2/c1-3-11-20-13-16(19)18(2)12-15-8-5-4-7-14(15)9-6-10-17/h4-5,7-8H,3,10-13,17H2,1-2H3. The maximum absolute atomic E-state index is 11.9. The van der Waals surface area contributed by atoms with E-state index >= 15 is 0 Å². The van der Waals surface area contributed by atoms with Gasteiger partial charge >= 0.3 is 0 Å². The molecule has 4 nitrogen and oxygen atoms in total. The number of likely N-dealkylation sites (N-methyl/N-ethyl adjacent to an activating group) is 1. The van der Waals surface area contributed by atoms with Crippen molar-refractivity contribution in [3.63, 3.8) is 0 Å². The summed E-state index contributed by atoms with van der Waals surface area (Å²) in [6, 6.07) is 7.77. The molecule has 0 radical (unpaired) electrons. The predicted octanol–water partition coefficient (Wildman–Crippen LogP) is 1.38. The summed E-state index contributed by atoms with van der Waals surface area (Å²) in [5.41, 5.74) is 7.31. The van der Waals surface area contributed by atoms with Gasteiger partial charge in [-0.3, -0.25) is 4.79 Å². The fraction of sp³-hybridized carbons (Fsp3) is 0.438. The van der Waals surface area contributed by atoms with Crippen LogP contribution in [0.15, 0.2) is 24.3 Å². The number of benzene rings is 1. The van der Waals surface area contributed by atoms with E-state index < -0.39 is 0 Å². The molecule has 0 aliphatic heterocycles. The molecule has 108 valence electrons. The van der Waals surface area contributed by atoms with Crippen LogP contribution in [0.4, 0.5) is 0 Å². The highest BCUT2D eigenvalue weighted by atomic mass is 16.5. The summed E-state index contributed by atoms with van der Waals surface area (Å²) in [6.07, 6.45) is 0.911. The van der Waals surface area contributed by atoms with E-state index in [1.807, 2.05) is 31.2 Å². The van der Waals surface area contributed by atoms with Crippen molar-refractivity contribution in [3.8, 4) is 11.8 Å². The van der Waals surface area contributed by atoms with Crippen LogP contribution in [-0.2, 0) is 16.1 Å². The summed E-state index contributed by atoms with van der Waals surface area (Å²) in [4.78, 5) is 13.5. The lowest BCUT2D eigenvalue weighted by Gasteiger charge is -2.18. The second-order valence-corrected chi connectivity index (χ2v) is 4.47. The van der Waals surface area contributed by atoms with Gasteiger partial charge in [0, 0.05) is 25.8 Å². The first kappa shape index (κ1) is 16.2. The molecule has 1 amide bonds. The zero-order chi connectivity index (χ0) is 14.8. The quantitative estimate of drug-likeness (QED) is 0.630. The molecule has 0 saturated carbocycles. The lowest BCUT2D eigenvalue weighted by atomic mass is 10.1. The van der Waals surface area contributed by atoms with Gasteiger partial charge in [0.25, 0.3) is 0 Å². The first-order chi connectivity index (χ1) is 9.69. The van der Waals surface area contributed by atoms with Crippen LogP contribution in [-0.4, -0.2) is 37.6 Å².